The molecule has 0 amide bonds. The van der Waals surface area contributed by atoms with E-state index in [9.17, 15) is 8.78 Å². The monoisotopic (exact) mass is 217 g/mol. The van der Waals surface area contributed by atoms with Crippen molar-refractivity contribution in [3.63, 3.8) is 0 Å². The molecule has 1 unspecified atom stereocenters. The molecule has 1 aromatic carbocycles. The smallest absolute Gasteiger partial charge is 0.202 e. The number of hydrogen-bond acceptors (Lipinski definition) is 3. The van der Waals surface area contributed by atoms with E-state index in [1.807, 2.05) is 0 Å². The van der Waals surface area contributed by atoms with Crippen LogP contribution in [0.2, 0.25) is 0 Å². The van der Waals surface area contributed by atoms with Gasteiger partial charge in [0.25, 0.3) is 0 Å². The third kappa shape index (κ3) is 2.79. The average molecular weight is 217 g/mol. The second kappa shape index (κ2) is 4.93. The molecule has 1 atom stereocenters. The largest absolute Gasteiger partial charge is 0.483 e. The number of methoxy groups -OCH3 is 1. The lowest BCUT2D eigenvalue weighted by Gasteiger charge is -2.15. The highest BCUT2D eigenvalue weighted by Gasteiger charge is 2.15. The fraction of sp³-hybridized carbons (Fsp3) is 0.400. The Morgan fingerprint density at radius 2 is 2.07 bits per heavy atom. The van der Waals surface area contributed by atoms with Gasteiger partial charge in [-0.25, -0.2) is 4.39 Å². The summed E-state index contributed by atoms with van der Waals surface area (Å²) in [5, 5.41) is 0. The molecule has 5 heteroatoms. The minimum atomic E-state index is -1.07. The molecule has 0 aliphatic heterocycles. The van der Waals surface area contributed by atoms with Crippen LogP contribution in [0, 0.1) is 11.6 Å². The lowest BCUT2D eigenvalue weighted by Crippen LogP contribution is -2.19. The van der Waals surface area contributed by atoms with Gasteiger partial charge in [-0.2, -0.15) is 4.39 Å². The van der Waals surface area contributed by atoms with Crippen LogP contribution in [-0.4, -0.2) is 19.8 Å². The predicted molar refractivity (Wildman–Crippen MR) is 52.7 cm³/mol. The zero-order valence-electron chi connectivity index (χ0n) is 8.59. The maximum Gasteiger partial charge on any atom is 0.202 e. The number of rotatable bonds is 4. The molecule has 0 fully saturated rings. The van der Waals surface area contributed by atoms with Crippen molar-refractivity contribution in [2.24, 2.45) is 0 Å². The summed E-state index contributed by atoms with van der Waals surface area (Å²) in [5.74, 6) is -2.32. The molecule has 0 radical (unpaired) electrons. The van der Waals surface area contributed by atoms with E-state index in [-0.39, 0.29) is 18.0 Å². The predicted octanol–water partition coefficient (Wildman–Crippen LogP) is 1.96. The van der Waals surface area contributed by atoms with Crippen LogP contribution >= 0.6 is 0 Å². The van der Waals surface area contributed by atoms with Crippen molar-refractivity contribution >= 4 is 5.69 Å². The van der Waals surface area contributed by atoms with E-state index in [0.29, 0.717) is 0 Å². The van der Waals surface area contributed by atoms with Gasteiger partial charge >= 0.3 is 0 Å². The van der Waals surface area contributed by atoms with E-state index in [0.717, 1.165) is 6.07 Å². The molecule has 0 heterocycles. The van der Waals surface area contributed by atoms with Gasteiger partial charge in [-0.05, 0) is 19.1 Å². The van der Waals surface area contributed by atoms with Gasteiger partial charge in [0.2, 0.25) is 5.82 Å². The summed E-state index contributed by atoms with van der Waals surface area (Å²) in [4.78, 5) is 0. The van der Waals surface area contributed by atoms with E-state index in [2.05, 4.69) is 0 Å². The summed E-state index contributed by atoms with van der Waals surface area (Å²) >= 11 is 0. The van der Waals surface area contributed by atoms with Crippen LogP contribution in [0.5, 0.6) is 5.75 Å². The topological polar surface area (TPSA) is 44.5 Å². The van der Waals surface area contributed by atoms with Gasteiger partial charge in [-0.1, -0.05) is 0 Å². The minimum absolute atomic E-state index is 0.0665. The quantitative estimate of drug-likeness (QED) is 0.784. The minimum Gasteiger partial charge on any atom is -0.483 e. The molecule has 1 aromatic rings. The highest BCUT2D eigenvalue weighted by Crippen LogP contribution is 2.28. The molecule has 0 aliphatic carbocycles. The van der Waals surface area contributed by atoms with Crippen LogP contribution in [0.1, 0.15) is 6.92 Å². The Balaban J connectivity index is 2.88. The number of benzene rings is 1. The van der Waals surface area contributed by atoms with Gasteiger partial charge in [0.15, 0.2) is 11.6 Å². The Morgan fingerprint density at radius 3 is 2.67 bits per heavy atom. The maximum atomic E-state index is 13.2. The van der Waals surface area contributed by atoms with Crippen molar-refractivity contribution in [1.29, 1.82) is 0 Å². The van der Waals surface area contributed by atoms with Crippen LogP contribution in [-0.2, 0) is 4.74 Å². The zero-order chi connectivity index (χ0) is 11.4. The molecule has 15 heavy (non-hydrogen) atoms. The van der Waals surface area contributed by atoms with E-state index in [1.54, 1.807) is 6.92 Å². The summed E-state index contributed by atoms with van der Waals surface area (Å²) in [5.41, 5.74) is 5.53. The second-order valence-corrected chi connectivity index (χ2v) is 3.16. The van der Waals surface area contributed by atoms with E-state index < -0.39 is 17.7 Å². The number of nitrogen functional groups attached to an aromatic ring is 1. The number of nitrogens with two attached hydrogens (primary N) is 1. The Hall–Kier alpha value is -1.36. The summed E-state index contributed by atoms with van der Waals surface area (Å²) < 4.78 is 36.0. The number of anilines is 1. The summed E-state index contributed by atoms with van der Waals surface area (Å²) in [7, 11) is 1.49. The van der Waals surface area contributed by atoms with Crippen molar-refractivity contribution in [3.8, 4) is 5.75 Å². The first-order valence-electron chi connectivity index (χ1n) is 4.45. The van der Waals surface area contributed by atoms with Gasteiger partial charge < -0.3 is 15.2 Å². The summed E-state index contributed by atoms with van der Waals surface area (Å²) in [6, 6.07) is 2.21. The van der Waals surface area contributed by atoms with Crippen molar-refractivity contribution in [2.45, 2.75) is 13.0 Å². The van der Waals surface area contributed by atoms with Crippen LogP contribution in [0.4, 0.5) is 14.5 Å². The molecule has 0 saturated carbocycles. The fourth-order valence-corrected chi connectivity index (χ4v) is 1.14. The molecule has 0 bridgehead atoms. The maximum absolute atomic E-state index is 13.2. The lowest BCUT2D eigenvalue weighted by atomic mass is 10.2. The first kappa shape index (κ1) is 11.7. The Bertz CT molecular complexity index is 344. The van der Waals surface area contributed by atoms with Gasteiger partial charge in [0.1, 0.15) is 6.10 Å². The molecular weight excluding hydrogens is 204 g/mol. The van der Waals surface area contributed by atoms with E-state index >= 15 is 0 Å². The highest BCUT2D eigenvalue weighted by atomic mass is 19.2. The van der Waals surface area contributed by atoms with Gasteiger partial charge in [0.05, 0.1) is 12.3 Å². The highest BCUT2D eigenvalue weighted by molar-refractivity contribution is 5.53. The van der Waals surface area contributed by atoms with Crippen LogP contribution in [0.3, 0.4) is 0 Å². The van der Waals surface area contributed by atoms with Crippen molar-refractivity contribution < 1.29 is 18.3 Å². The SMILES string of the molecule is COCC(C)Oc1c(N)ccc(F)c1F. The summed E-state index contributed by atoms with van der Waals surface area (Å²) in [6.45, 7) is 1.95. The Kier molecular flexibility index (Phi) is 3.85. The molecule has 2 N–H and O–H groups in total. The Labute approximate surface area is 86.8 Å². The first-order valence-corrected chi connectivity index (χ1v) is 4.45. The van der Waals surface area contributed by atoms with E-state index in [1.165, 1.54) is 13.2 Å². The number of ether oxygens (including phenoxy) is 2. The molecule has 0 spiro atoms. The van der Waals surface area contributed by atoms with Crippen molar-refractivity contribution in [3.05, 3.63) is 23.8 Å². The van der Waals surface area contributed by atoms with Crippen molar-refractivity contribution in [2.75, 3.05) is 19.5 Å². The normalized spacial score (nSPS) is 12.5. The second-order valence-electron chi connectivity index (χ2n) is 3.16. The number of halogens is 2. The third-order valence-electron chi connectivity index (χ3n) is 1.80. The average Bonchev–Trinajstić information content (AvgIpc) is 2.19. The van der Waals surface area contributed by atoms with Crippen LogP contribution in [0.25, 0.3) is 0 Å². The molecule has 84 valence electrons. The fourth-order valence-electron chi connectivity index (χ4n) is 1.14. The zero-order valence-corrected chi connectivity index (χ0v) is 8.59. The van der Waals surface area contributed by atoms with Crippen LogP contribution < -0.4 is 10.5 Å². The molecule has 0 saturated heterocycles. The molecule has 1 rings (SSSR count). The van der Waals surface area contributed by atoms with Gasteiger partial charge in [-0.3, -0.25) is 0 Å². The van der Waals surface area contributed by atoms with Gasteiger partial charge in [0, 0.05) is 7.11 Å². The third-order valence-corrected chi connectivity index (χ3v) is 1.80. The summed E-state index contributed by atoms with van der Waals surface area (Å²) in [6.07, 6.45) is -0.395. The molecular formula is C10H13F2NO2. The molecule has 0 aromatic heterocycles. The molecule has 3 nitrogen and oxygen atoms in total. The number of hydrogen-bond donors (Lipinski definition) is 1. The van der Waals surface area contributed by atoms with Gasteiger partial charge in [-0.15, -0.1) is 0 Å². The first-order chi connectivity index (χ1) is 7.06. The van der Waals surface area contributed by atoms with Crippen LogP contribution in [0.15, 0.2) is 12.1 Å². The van der Waals surface area contributed by atoms with E-state index in [4.69, 9.17) is 15.2 Å². The Morgan fingerprint density at radius 1 is 1.40 bits per heavy atom. The molecule has 0 aliphatic rings. The standard InChI is InChI=1S/C10H13F2NO2/c1-6(5-14-2)15-10-8(13)4-3-7(11)9(10)12/h3-4,6H,5,13H2,1-2H3. The lowest BCUT2D eigenvalue weighted by molar-refractivity contribution is 0.0893. The van der Waals surface area contributed by atoms with Crippen molar-refractivity contribution in [1.82, 2.24) is 0 Å².